The molecule has 0 saturated heterocycles. The van der Waals surface area contributed by atoms with Crippen LogP contribution in [0.5, 0.6) is 5.75 Å². The molecule has 2 aromatic heterocycles. The zero-order chi connectivity index (χ0) is 16.5. The summed E-state index contributed by atoms with van der Waals surface area (Å²) in [5.74, 6) is 0.888. The van der Waals surface area contributed by atoms with Gasteiger partial charge in [-0.3, -0.25) is 4.40 Å². The molecule has 2 aromatic carbocycles. The monoisotopic (exact) mass is 335 g/mol. The van der Waals surface area contributed by atoms with Gasteiger partial charge in [-0.15, -0.1) is 11.3 Å². The number of nitrogen functional groups attached to an aromatic ring is 1. The Morgan fingerprint density at radius 3 is 2.71 bits per heavy atom. The highest BCUT2D eigenvalue weighted by atomic mass is 32.1. The van der Waals surface area contributed by atoms with Gasteiger partial charge < -0.3 is 10.5 Å². The number of ether oxygens (including phenoxy) is 1. The van der Waals surface area contributed by atoms with Crippen molar-refractivity contribution in [1.82, 2.24) is 9.38 Å². The Hall–Kier alpha value is -2.79. The molecule has 0 bridgehead atoms. The highest BCUT2D eigenvalue weighted by molar-refractivity contribution is 7.15. The van der Waals surface area contributed by atoms with Crippen LogP contribution in [0.4, 0.5) is 5.69 Å². The lowest BCUT2D eigenvalue weighted by Gasteiger charge is -2.04. The summed E-state index contributed by atoms with van der Waals surface area (Å²) in [5.41, 5.74) is 10.9. The maximum Gasteiger partial charge on any atom is 0.194 e. The molecule has 0 aliphatic carbocycles. The standard InChI is InChI=1S/C19H17N3OS/c1-2-23-16-8-6-13(7-9-16)18-12-24-19-21-17(11-22(18)19)14-4-3-5-15(20)10-14/h3-12H,2,20H2,1H3. The van der Waals surface area contributed by atoms with Crippen LogP contribution in [0.15, 0.2) is 60.1 Å². The van der Waals surface area contributed by atoms with E-state index < -0.39 is 0 Å². The fourth-order valence-corrected chi connectivity index (χ4v) is 3.60. The van der Waals surface area contributed by atoms with E-state index in [4.69, 9.17) is 15.5 Å². The Labute approximate surface area is 144 Å². The normalized spacial score (nSPS) is 11.0. The van der Waals surface area contributed by atoms with Gasteiger partial charge in [-0.05, 0) is 48.9 Å². The third kappa shape index (κ3) is 2.63. The number of imidazole rings is 1. The smallest absolute Gasteiger partial charge is 0.194 e. The average molecular weight is 335 g/mol. The van der Waals surface area contributed by atoms with Crippen LogP contribution in [0.2, 0.25) is 0 Å². The molecule has 120 valence electrons. The fraction of sp³-hybridized carbons (Fsp3) is 0.105. The number of benzene rings is 2. The number of hydrogen-bond donors (Lipinski definition) is 1. The van der Waals surface area contributed by atoms with Gasteiger partial charge in [0, 0.05) is 22.8 Å². The molecule has 0 unspecified atom stereocenters. The number of anilines is 1. The predicted octanol–water partition coefficient (Wildman–Crippen LogP) is 4.71. The third-order valence-corrected chi connectivity index (χ3v) is 4.69. The topological polar surface area (TPSA) is 52.5 Å². The summed E-state index contributed by atoms with van der Waals surface area (Å²) in [4.78, 5) is 5.69. The Morgan fingerprint density at radius 1 is 1.12 bits per heavy atom. The number of rotatable bonds is 4. The van der Waals surface area contributed by atoms with Gasteiger partial charge in [0.2, 0.25) is 0 Å². The van der Waals surface area contributed by atoms with Crippen LogP contribution in [0.3, 0.4) is 0 Å². The van der Waals surface area contributed by atoms with E-state index in [0.717, 1.165) is 38.9 Å². The average Bonchev–Trinajstić information content (AvgIpc) is 3.16. The van der Waals surface area contributed by atoms with E-state index in [1.165, 1.54) is 0 Å². The second-order valence-corrected chi connectivity index (χ2v) is 6.32. The molecule has 4 nitrogen and oxygen atoms in total. The van der Waals surface area contributed by atoms with Crippen LogP contribution in [0.1, 0.15) is 6.92 Å². The van der Waals surface area contributed by atoms with Gasteiger partial charge in [0.25, 0.3) is 0 Å². The van der Waals surface area contributed by atoms with E-state index in [2.05, 4.69) is 28.1 Å². The van der Waals surface area contributed by atoms with Gasteiger partial charge in [-0.25, -0.2) is 4.98 Å². The highest BCUT2D eigenvalue weighted by Crippen LogP contribution is 2.30. The third-order valence-electron chi connectivity index (χ3n) is 3.85. The maximum atomic E-state index is 5.88. The molecule has 24 heavy (non-hydrogen) atoms. The van der Waals surface area contributed by atoms with Gasteiger partial charge in [-0.1, -0.05) is 12.1 Å². The molecular formula is C19H17N3OS. The molecule has 0 aliphatic heterocycles. The van der Waals surface area contributed by atoms with Crippen LogP contribution < -0.4 is 10.5 Å². The molecule has 0 fully saturated rings. The highest BCUT2D eigenvalue weighted by Gasteiger charge is 2.11. The second kappa shape index (κ2) is 6.02. The van der Waals surface area contributed by atoms with E-state index >= 15 is 0 Å². The summed E-state index contributed by atoms with van der Waals surface area (Å²) in [6.07, 6.45) is 2.06. The quantitative estimate of drug-likeness (QED) is 0.549. The first-order valence-electron chi connectivity index (χ1n) is 7.80. The zero-order valence-corrected chi connectivity index (χ0v) is 14.1. The molecule has 0 spiro atoms. The number of aromatic nitrogens is 2. The minimum absolute atomic E-state index is 0.674. The zero-order valence-electron chi connectivity index (χ0n) is 13.3. The van der Waals surface area contributed by atoms with Crippen LogP contribution in [0.25, 0.3) is 27.5 Å². The van der Waals surface area contributed by atoms with Crippen LogP contribution >= 0.6 is 11.3 Å². The van der Waals surface area contributed by atoms with Crippen molar-refractivity contribution >= 4 is 22.0 Å². The Balaban J connectivity index is 1.74. The molecule has 0 atom stereocenters. The summed E-state index contributed by atoms with van der Waals surface area (Å²) in [6.45, 7) is 2.66. The molecule has 4 aromatic rings. The molecule has 2 heterocycles. The second-order valence-electron chi connectivity index (χ2n) is 5.48. The summed E-state index contributed by atoms with van der Waals surface area (Å²) in [6, 6.07) is 16.0. The predicted molar refractivity (Wildman–Crippen MR) is 99.5 cm³/mol. The van der Waals surface area contributed by atoms with E-state index in [-0.39, 0.29) is 0 Å². The van der Waals surface area contributed by atoms with Crippen molar-refractivity contribution in [3.05, 3.63) is 60.1 Å². The first kappa shape index (κ1) is 14.8. The van der Waals surface area contributed by atoms with Crippen molar-refractivity contribution in [2.24, 2.45) is 0 Å². The minimum Gasteiger partial charge on any atom is -0.494 e. The molecule has 4 rings (SSSR count). The summed E-state index contributed by atoms with van der Waals surface area (Å²) >= 11 is 1.63. The van der Waals surface area contributed by atoms with Crippen molar-refractivity contribution in [2.75, 3.05) is 12.3 Å². The van der Waals surface area contributed by atoms with Gasteiger partial charge in [0.05, 0.1) is 18.0 Å². The molecule has 0 amide bonds. The molecule has 0 aliphatic rings. The number of fused-ring (bicyclic) bond motifs is 1. The summed E-state index contributed by atoms with van der Waals surface area (Å²) in [5, 5.41) is 2.13. The van der Waals surface area contributed by atoms with Gasteiger partial charge in [0.15, 0.2) is 4.96 Å². The van der Waals surface area contributed by atoms with Crippen LogP contribution in [0, 0.1) is 0 Å². The Kier molecular flexibility index (Phi) is 3.70. The maximum absolute atomic E-state index is 5.88. The van der Waals surface area contributed by atoms with Crippen molar-refractivity contribution in [3.8, 4) is 28.3 Å². The van der Waals surface area contributed by atoms with Gasteiger partial charge in [0.1, 0.15) is 5.75 Å². The van der Waals surface area contributed by atoms with E-state index in [1.54, 1.807) is 11.3 Å². The number of nitrogens with two attached hydrogens (primary N) is 1. The van der Waals surface area contributed by atoms with Gasteiger partial charge in [-0.2, -0.15) is 0 Å². The van der Waals surface area contributed by atoms with E-state index in [1.807, 2.05) is 43.3 Å². The summed E-state index contributed by atoms with van der Waals surface area (Å²) < 4.78 is 7.63. The lowest BCUT2D eigenvalue weighted by Crippen LogP contribution is -1.91. The number of hydrogen-bond acceptors (Lipinski definition) is 4. The van der Waals surface area contributed by atoms with Crippen molar-refractivity contribution < 1.29 is 4.74 Å². The van der Waals surface area contributed by atoms with Crippen molar-refractivity contribution in [3.63, 3.8) is 0 Å². The first-order valence-corrected chi connectivity index (χ1v) is 8.68. The number of nitrogens with zero attached hydrogens (tertiary/aromatic N) is 2. The van der Waals surface area contributed by atoms with E-state index in [0.29, 0.717) is 6.61 Å². The van der Waals surface area contributed by atoms with Gasteiger partial charge >= 0.3 is 0 Å². The first-order chi connectivity index (χ1) is 11.7. The fourth-order valence-electron chi connectivity index (χ4n) is 2.72. The lowest BCUT2D eigenvalue weighted by atomic mass is 10.1. The molecule has 5 heteroatoms. The largest absolute Gasteiger partial charge is 0.494 e. The lowest BCUT2D eigenvalue weighted by molar-refractivity contribution is 0.340. The SMILES string of the molecule is CCOc1ccc(-c2csc3nc(-c4cccc(N)c4)cn23)cc1. The molecule has 0 radical (unpaired) electrons. The Morgan fingerprint density at radius 2 is 1.96 bits per heavy atom. The van der Waals surface area contributed by atoms with E-state index in [9.17, 15) is 0 Å². The summed E-state index contributed by atoms with van der Waals surface area (Å²) in [7, 11) is 0. The molecule has 2 N–H and O–H groups in total. The minimum atomic E-state index is 0.674. The van der Waals surface area contributed by atoms with Crippen molar-refractivity contribution in [1.29, 1.82) is 0 Å². The van der Waals surface area contributed by atoms with Crippen LogP contribution in [-0.2, 0) is 0 Å². The molecule has 0 saturated carbocycles. The Bertz CT molecular complexity index is 985. The molecular weight excluding hydrogens is 318 g/mol. The van der Waals surface area contributed by atoms with Crippen molar-refractivity contribution in [2.45, 2.75) is 6.92 Å². The van der Waals surface area contributed by atoms with Crippen LogP contribution in [-0.4, -0.2) is 16.0 Å². The number of thiazole rings is 1.